The molecule has 0 aliphatic rings. The van der Waals surface area contributed by atoms with Gasteiger partial charge in [-0.05, 0) is 30.7 Å². The Kier molecular flexibility index (Phi) is 6.59. The first-order valence-electron chi connectivity index (χ1n) is 11.2. The summed E-state index contributed by atoms with van der Waals surface area (Å²) in [6, 6.07) is 28.8. The molecular weight excluding hydrogens is 490 g/mol. The van der Waals surface area contributed by atoms with E-state index in [1.807, 2.05) is 67.6 Å². The monoisotopic (exact) mass is 511 g/mol. The number of fused-ring (bicyclic) bond motifs is 1. The van der Waals surface area contributed by atoms with Gasteiger partial charge in [-0.1, -0.05) is 72.3 Å². The highest BCUT2D eigenvalue weighted by Gasteiger charge is 2.23. The van der Waals surface area contributed by atoms with Crippen molar-refractivity contribution in [3.05, 3.63) is 96.1 Å². The Hall–Kier alpha value is -3.93. The van der Waals surface area contributed by atoms with Gasteiger partial charge in [-0.15, -0.1) is 11.8 Å². The highest BCUT2D eigenvalue weighted by molar-refractivity contribution is 8.00. The van der Waals surface area contributed by atoms with Crippen molar-refractivity contribution in [3.63, 3.8) is 0 Å². The lowest BCUT2D eigenvalue weighted by molar-refractivity contribution is 0.459. The third-order valence-electron chi connectivity index (χ3n) is 5.66. The maximum atomic E-state index is 12.9. The zero-order chi connectivity index (χ0) is 25.1. The van der Waals surface area contributed by atoms with Gasteiger partial charge in [0.1, 0.15) is 16.6 Å². The van der Waals surface area contributed by atoms with Crippen LogP contribution in [0.15, 0.2) is 99.6 Å². The summed E-state index contributed by atoms with van der Waals surface area (Å²) in [5.74, 6) is -0.0131. The van der Waals surface area contributed by atoms with Crippen molar-refractivity contribution >= 4 is 32.7 Å². The molecule has 0 spiro atoms. The molecule has 6 nitrogen and oxygen atoms in total. The van der Waals surface area contributed by atoms with Crippen LogP contribution in [0.4, 0.5) is 0 Å². The maximum Gasteiger partial charge on any atom is 0.316 e. The largest absolute Gasteiger partial charge is 0.428 e. The van der Waals surface area contributed by atoms with E-state index in [9.17, 15) is 13.7 Å². The number of nitriles is 1. The second kappa shape index (κ2) is 9.97. The first-order chi connectivity index (χ1) is 17.4. The highest BCUT2D eigenvalue weighted by Crippen LogP contribution is 2.34. The summed E-state index contributed by atoms with van der Waals surface area (Å²) in [7, 11) is -3.75. The number of oxazole rings is 1. The van der Waals surface area contributed by atoms with E-state index in [4.69, 9.17) is 9.40 Å². The molecule has 0 aliphatic heterocycles. The number of hydrogen-bond acceptors (Lipinski definition) is 7. The molecule has 0 fully saturated rings. The van der Waals surface area contributed by atoms with Crippen LogP contribution in [0.5, 0.6) is 0 Å². The van der Waals surface area contributed by atoms with Crippen molar-refractivity contribution < 1.29 is 12.8 Å². The van der Waals surface area contributed by atoms with Crippen LogP contribution in [0, 0.1) is 18.3 Å². The molecule has 36 heavy (non-hydrogen) atoms. The standard InChI is InChI=1S/C28H21N3O3S2/c1-19-11-13-21(14-12-19)25-17-22(20-7-3-2-4-8-20)23(18-29)27(30-25)35-15-16-36(32,33)28-31-24-9-5-6-10-26(24)34-28/h2-14,17H,15-16H2,1H3. The normalized spacial score (nSPS) is 11.4. The molecule has 0 atom stereocenters. The van der Waals surface area contributed by atoms with Crippen LogP contribution in [-0.4, -0.2) is 29.9 Å². The van der Waals surface area contributed by atoms with E-state index in [-0.39, 0.29) is 16.7 Å². The maximum absolute atomic E-state index is 12.9. The Labute approximate surface area is 213 Å². The Bertz CT molecular complexity index is 1660. The molecule has 8 heteroatoms. The van der Waals surface area contributed by atoms with Crippen LogP contribution in [0.25, 0.3) is 33.5 Å². The molecule has 5 aromatic rings. The fraction of sp³-hybridized carbons (Fsp3) is 0.107. The van der Waals surface area contributed by atoms with Crippen LogP contribution in [-0.2, 0) is 9.84 Å². The topological polar surface area (TPSA) is 96.8 Å². The van der Waals surface area contributed by atoms with E-state index in [2.05, 4.69) is 11.1 Å². The van der Waals surface area contributed by atoms with Crippen molar-refractivity contribution in [2.75, 3.05) is 11.5 Å². The minimum Gasteiger partial charge on any atom is -0.428 e. The zero-order valence-corrected chi connectivity index (χ0v) is 21.0. The number of rotatable bonds is 7. The van der Waals surface area contributed by atoms with Crippen LogP contribution in [0.1, 0.15) is 11.1 Å². The van der Waals surface area contributed by atoms with Crippen LogP contribution < -0.4 is 0 Å². The average Bonchev–Trinajstić information content (AvgIpc) is 3.35. The molecule has 0 unspecified atom stereocenters. The minimum atomic E-state index is -3.75. The van der Waals surface area contributed by atoms with Gasteiger partial charge in [0.05, 0.1) is 17.0 Å². The Morgan fingerprint density at radius 3 is 2.36 bits per heavy atom. The van der Waals surface area contributed by atoms with Crippen molar-refractivity contribution in [1.82, 2.24) is 9.97 Å². The molecule has 3 aromatic carbocycles. The SMILES string of the molecule is Cc1ccc(-c2cc(-c3ccccc3)c(C#N)c(SCCS(=O)(=O)c3nc4ccccc4o3)n2)cc1. The van der Waals surface area contributed by atoms with E-state index < -0.39 is 9.84 Å². The van der Waals surface area contributed by atoms with Gasteiger partial charge in [0, 0.05) is 16.9 Å². The number of thioether (sulfide) groups is 1. The first kappa shape index (κ1) is 23.8. The molecule has 0 amide bonds. The van der Waals surface area contributed by atoms with Crippen molar-refractivity contribution in [3.8, 4) is 28.5 Å². The molecule has 0 aliphatic carbocycles. The first-order valence-corrected chi connectivity index (χ1v) is 13.9. The number of nitrogens with zero attached hydrogens (tertiary/aromatic N) is 3. The van der Waals surface area contributed by atoms with E-state index in [1.165, 1.54) is 11.8 Å². The van der Waals surface area contributed by atoms with Gasteiger partial charge < -0.3 is 4.42 Å². The van der Waals surface area contributed by atoms with E-state index in [0.717, 1.165) is 27.9 Å². The van der Waals surface area contributed by atoms with Gasteiger partial charge in [0.2, 0.25) is 9.84 Å². The summed E-state index contributed by atoms with van der Waals surface area (Å²) in [5.41, 5.74) is 5.76. The third-order valence-corrected chi connectivity index (χ3v) is 8.35. The van der Waals surface area contributed by atoms with Crippen LogP contribution in [0.3, 0.4) is 0 Å². The van der Waals surface area contributed by atoms with Crippen molar-refractivity contribution in [2.45, 2.75) is 17.2 Å². The molecule has 0 bridgehead atoms. The van der Waals surface area contributed by atoms with Crippen molar-refractivity contribution in [2.24, 2.45) is 0 Å². The number of hydrogen-bond donors (Lipinski definition) is 0. The summed E-state index contributed by atoms with van der Waals surface area (Å²) in [5, 5.41) is 10.2. The number of benzene rings is 3. The van der Waals surface area contributed by atoms with Gasteiger partial charge in [-0.2, -0.15) is 10.2 Å². The summed E-state index contributed by atoms with van der Waals surface area (Å²) >= 11 is 1.24. The Morgan fingerprint density at radius 2 is 1.64 bits per heavy atom. The highest BCUT2D eigenvalue weighted by atomic mass is 32.2. The van der Waals surface area contributed by atoms with Gasteiger partial charge in [-0.3, -0.25) is 0 Å². The average molecular weight is 512 g/mol. The fourth-order valence-corrected chi connectivity index (χ4v) is 6.27. The molecule has 0 radical (unpaired) electrons. The minimum absolute atomic E-state index is 0.189. The quantitative estimate of drug-likeness (QED) is 0.236. The molecule has 5 rings (SSSR count). The second-order valence-electron chi connectivity index (χ2n) is 8.19. The lowest BCUT2D eigenvalue weighted by Crippen LogP contribution is -2.09. The fourth-order valence-electron chi connectivity index (χ4n) is 3.77. The van der Waals surface area contributed by atoms with E-state index >= 15 is 0 Å². The predicted octanol–water partition coefficient (Wildman–Crippen LogP) is 6.30. The number of aromatic nitrogens is 2. The third kappa shape index (κ3) is 4.89. The van der Waals surface area contributed by atoms with Gasteiger partial charge >= 0.3 is 5.22 Å². The second-order valence-corrected chi connectivity index (χ2v) is 11.3. The molecule has 178 valence electrons. The summed E-state index contributed by atoms with van der Waals surface area (Å²) in [6.45, 7) is 2.02. The molecular formula is C28H21N3O3S2. The molecule has 0 saturated heterocycles. The lowest BCUT2D eigenvalue weighted by Gasteiger charge is -2.12. The van der Waals surface area contributed by atoms with Crippen LogP contribution in [0.2, 0.25) is 0 Å². The molecule has 0 N–H and O–H groups in total. The summed E-state index contributed by atoms with van der Waals surface area (Å²) < 4.78 is 31.3. The summed E-state index contributed by atoms with van der Waals surface area (Å²) in [4.78, 5) is 8.89. The molecule has 2 heterocycles. The van der Waals surface area contributed by atoms with Crippen molar-refractivity contribution in [1.29, 1.82) is 5.26 Å². The lowest BCUT2D eigenvalue weighted by atomic mass is 9.99. The van der Waals surface area contributed by atoms with Gasteiger partial charge in [0.25, 0.3) is 0 Å². The molecule has 2 aromatic heterocycles. The zero-order valence-electron chi connectivity index (χ0n) is 19.4. The Morgan fingerprint density at radius 1 is 0.917 bits per heavy atom. The number of para-hydroxylation sites is 2. The number of aryl methyl sites for hydroxylation is 1. The van der Waals surface area contributed by atoms with Crippen LogP contribution >= 0.6 is 11.8 Å². The molecule has 0 saturated carbocycles. The van der Waals surface area contributed by atoms with Gasteiger partial charge in [0.15, 0.2) is 5.58 Å². The predicted molar refractivity (Wildman–Crippen MR) is 141 cm³/mol. The number of sulfone groups is 1. The number of pyridine rings is 1. The van der Waals surface area contributed by atoms with Gasteiger partial charge in [-0.25, -0.2) is 13.4 Å². The summed E-state index contributed by atoms with van der Waals surface area (Å²) in [6.07, 6.45) is 0. The Balaban J connectivity index is 1.48. The smallest absolute Gasteiger partial charge is 0.316 e. The van der Waals surface area contributed by atoms with E-state index in [1.54, 1.807) is 24.3 Å². The van der Waals surface area contributed by atoms with E-state index in [0.29, 0.717) is 21.7 Å².